The summed E-state index contributed by atoms with van der Waals surface area (Å²) in [4.78, 5) is 25.8. The molecule has 1 aromatic carbocycles. The Morgan fingerprint density at radius 2 is 1.92 bits per heavy atom. The third-order valence-corrected chi connectivity index (χ3v) is 7.76. The zero-order valence-corrected chi connectivity index (χ0v) is 15.2. The van der Waals surface area contributed by atoms with Gasteiger partial charge in [-0.05, 0) is 26.3 Å². The topological polar surface area (TPSA) is 90.0 Å². The second kappa shape index (κ2) is 5.81. The number of esters is 1. The van der Waals surface area contributed by atoms with Crippen LogP contribution in [0.1, 0.15) is 32.8 Å². The van der Waals surface area contributed by atoms with E-state index in [-0.39, 0.29) is 19.6 Å². The lowest BCUT2D eigenvalue weighted by molar-refractivity contribution is -0.196. The van der Waals surface area contributed by atoms with Crippen molar-refractivity contribution < 1.29 is 27.5 Å². The highest BCUT2D eigenvalue weighted by Gasteiger charge is 2.78. The molecule has 0 N–H and O–H groups in total. The van der Waals surface area contributed by atoms with Crippen LogP contribution in [-0.2, 0) is 35.5 Å². The largest absolute Gasteiger partial charge is 0.459 e. The van der Waals surface area contributed by atoms with Crippen molar-refractivity contribution in [3.05, 3.63) is 35.9 Å². The molecular formula is C17H21NO6S. The first-order valence-corrected chi connectivity index (χ1v) is 9.58. The molecule has 7 nitrogen and oxygen atoms in total. The van der Waals surface area contributed by atoms with Crippen LogP contribution in [0.2, 0.25) is 0 Å². The molecule has 25 heavy (non-hydrogen) atoms. The zero-order chi connectivity index (χ0) is 18.5. The molecule has 2 atom stereocenters. The van der Waals surface area contributed by atoms with Crippen LogP contribution in [0, 0.1) is 0 Å². The van der Waals surface area contributed by atoms with Gasteiger partial charge in [0.15, 0.2) is 6.04 Å². The SMILES string of the molecule is CCOC12CC(=O)N1[C@@H](C(=O)OCc1ccccc1)C(C)(C)S2(=O)=O. The van der Waals surface area contributed by atoms with Crippen molar-refractivity contribution in [2.24, 2.45) is 0 Å². The van der Waals surface area contributed by atoms with E-state index in [4.69, 9.17) is 9.47 Å². The van der Waals surface area contributed by atoms with E-state index in [1.807, 2.05) is 18.2 Å². The molecule has 1 unspecified atom stereocenters. The molecule has 1 aromatic rings. The summed E-state index contributed by atoms with van der Waals surface area (Å²) in [6.45, 7) is 4.65. The number of fused-ring (bicyclic) bond motifs is 1. The summed E-state index contributed by atoms with van der Waals surface area (Å²) in [5, 5.41) is -1.75. The fraction of sp³-hybridized carbons (Fsp3) is 0.529. The summed E-state index contributed by atoms with van der Waals surface area (Å²) in [5.74, 6) is -1.17. The van der Waals surface area contributed by atoms with Gasteiger partial charge in [-0.3, -0.25) is 9.69 Å². The van der Waals surface area contributed by atoms with Crippen LogP contribution >= 0.6 is 0 Å². The molecule has 0 aliphatic carbocycles. The van der Waals surface area contributed by atoms with E-state index in [1.165, 1.54) is 13.8 Å². The molecule has 0 aromatic heterocycles. The first kappa shape index (κ1) is 17.9. The van der Waals surface area contributed by atoms with E-state index in [0.717, 1.165) is 10.5 Å². The highest BCUT2D eigenvalue weighted by Crippen LogP contribution is 2.54. The normalized spacial score (nSPS) is 29.0. The van der Waals surface area contributed by atoms with Crippen molar-refractivity contribution in [2.75, 3.05) is 6.61 Å². The van der Waals surface area contributed by atoms with Crippen LogP contribution in [0.3, 0.4) is 0 Å². The second-order valence-corrected chi connectivity index (χ2v) is 9.39. The summed E-state index contributed by atoms with van der Waals surface area (Å²) in [6.07, 6.45) is -0.269. The standard InChI is InChI=1S/C17H21NO6S/c1-4-24-17-10-13(19)18(17)14(16(2,3)25(17,21)22)15(20)23-11-12-8-6-5-7-9-12/h5-9,14H,4,10-11H2,1-3H3/t14-,17?/m0/s1. The third kappa shape index (κ3) is 2.31. The van der Waals surface area contributed by atoms with E-state index in [9.17, 15) is 18.0 Å². The number of carbonyl (C=O) groups excluding carboxylic acids is 2. The molecule has 0 bridgehead atoms. The number of nitrogens with zero attached hydrogens (tertiary/aromatic N) is 1. The van der Waals surface area contributed by atoms with Gasteiger partial charge in [0.05, 0.1) is 6.42 Å². The molecule has 2 heterocycles. The molecule has 2 saturated heterocycles. The summed E-state index contributed by atoms with van der Waals surface area (Å²) in [7, 11) is -3.92. The minimum Gasteiger partial charge on any atom is -0.459 e. The van der Waals surface area contributed by atoms with Gasteiger partial charge in [0, 0.05) is 6.61 Å². The van der Waals surface area contributed by atoms with Gasteiger partial charge < -0.3 is 9.47 Å². The van der Waals surface area contributed by atoms with E-state index in [1.54, 1.807) is 19.1 Å². The van der Waals surface area contributed by atoms with E-state index in [2.05, 4.69) is 0 Å². The Hall–Kier alpha value is -1.93. The van der Waals surface area contributed by atoms with Gasteiger partial charge in [0.1, 0.15) is 11.4 Å². The fourth-order valence-corrected chi connectivity index (χ4v) is 5.89. The van der Waals surface area contributed by atoms with Gasteiger partial charge in [0.25, 0.3) is 5.06 Å². The number of amides is 1. The number of hydrogen-bond acceptors (Lipinski definition) is 6. The predicted molar refractivity (Wildman–Crippen MR) is 88.8 cm³/mol. The summed E-state index contributed by atoms with van der Waals surface area (Å²) in [5.41, 5.74) is 0.778. The molecule has 0 saturated carbocycles. The molecule has 2 fully saturated rings. The maximum absolute atomic E-state index is 13.0. The van der Waals surface area contributed by atoms with Crippen LogP contribution in [0.5, 0.6) is 0 Å². The average Bonchev–Trinajstić information content (AvgIpc) is 2.66. The fourth-order valence-electron chi connectivity index (χ4n) is 3.51. The summed E-state index contributed by atoms with van der Waals surface area (Å²) in [6, 6.07) is 7.83. The number of sulfone groups is 1. The first-order chi connectivity index (χ1) is 11.7. The Balaban J connectivity index is 1.90. The van der Waals surface area contributed by atoms with Crippen LogP contribution in [0.25, 0.3) is 0 Å². The lowest BCUT2D eigenvalue weighted by Crippen LogP contribution is -2.67. The third-order valence-electron chi connectivity index (χ3n) is 4.86. The molecule has 0 radical (unpaired) electrons. The van der Waals surface area contributed by atoms with Crippen LogP contribution in [0.15, 0.2) is 30.3 Å². The second-order valence-electron chi connectivity index (χ2n) is 6.69. The summed E-state index contributed by atoms with van der Waals surface area (Å²) >= 11 is 0. The molecule has 136 valence electrons. The maximum Gasteiger partial charge on any atom is 0.330 e. The number of hydrogen-bond donors (Lipinski definition) is 0. The monoisotopic (exact) mass is 367 g/mol. The molecule has 3 rings (SSSR count). The summed E-state index contributed by atoms with van der Waals surface area (Å²) < 4.78 is 35.3. The molecule has 2 aliphatic heterocycles. The molecule has 1 amide bonds. The minimum absolute atomic E-state index is 0.00989. The number of benzene rings is 1. The smallest absolute Gasteiger partial charge is 0.330 e. The minimum atomic E-state index is -3.92. The Bertz CT molecular complexity index is 804. The van der Waals surface area contributed by atoms with Gasteiger partial charge in [0.2, 0.25) is 15.7 Å². The molecule has 2 aliphatic rings. The Morgan fingerprint density at radius 1 is 1.28 bits per heavy atom. The maximum atomic E-state index is 13.0. The van der Waals surface area contributed by atoms with Gasteiger partial charge >= 0.3 is 5.97 Å². The van der Waals surface area contributed by atoms with Crippen LogP contribution in [0.4, 0.5) is 0 Å². The lowest BCUT2D eigenvalue weighted by Gasteiger charge is -2.45. The number of ether oxygens (including phenoxy) is 2. The first-order valence-electron chi connectivity index (χ1n) is 8.10. The number of carbonyl (C=O) groups is 2. The van der Waals surface area contributed by atoms with Gasteiger partial charge in [-0.2, -0.15) is 0 Å². The van der Waals surface area contributed by atoms with Gasteiger partial charge in [-0.15, -0.1) is 0 Å². The van der Waals surface area contributed by atoms with E-state index >= 15 is 0 Å². The number of rotatable bonds is 5. The average molecular weight is 367 g/mol. The van der Waals surface area contributed by atoms with Crippen molar-refractivity contribution in [3.63, 3.8) is 0 Å². The van der Waals surface area contributed by atoms with Crippen molar-refractivity contribution in [1.82, 2.24) is 4.90 Å². The molecule has 8 heteroatoms. The van der Waals surface area contributed by atoms with Gasteiger partial charge in [-0.25, -0.2) is 13.2 Å². The van der Waals surface area contributed by atoms with Crippen LogP contribution in [-0.4, -0.2) is 47.6 Å². The van der Waals surface area contributed by atoms with E-state index < -0.39 is 37.6 Å². The molecule has 0 spiro atoms. The van der Waals surface area contributed by atoms with Crippen molar-refractivity contribution in [2.45, 2.75) is 49.6 Å². The highest BCUT2D eigenvalue weighted by atomic mass is 32.2. The zero-order valence-electron chi connectivity index (χ0n) is 14.4. The van der Waals surface area contributed by atoms with Crippen LogP contribution < -0.4 is 0 Å². The highest BCUT2D eigenvalue weighted by molar-refractivity contribution is 7.94. The molecular weight excluding hydrogens is 346 g/mol. The number of β-lactam (4-membered cyclic amide) rings is 1. The Labute approximate surface area is 146 Å². The van der Waals surface area contributed by atoms with Crippen molar-refractivity contribution in [1.29, 1.82) is 0 Å². The van der Waals surface area contributed by atoms with Crippen molar-refractivity contribution in [3.8, 4) is 0 Å². The van der Waals surface area contributed by atoms with Gasteiger partial charge in [-0.1, -0.05) is 30.3 Å². The lowest BCUT2D eigenvalue weighted by atomic mass is 9.97. The Kier molecular flexibility index (Phi) is 4.15. The Morgan fingerprint density at radius 3 is 2.48 bits per heavy atom. The quantitative estimate of drug-likeness (QED) is 0.574. The van der Waals surface area contributed by atoms with Crippen molar-refractivity contribution >= 4 is 21.7 Å². The van der Waals surface area contributed by atoms with E-state index in [0.29, 0.717) is 0 Å². The predicted octanol–water partition coefficient (Wildman–Crippen LogP) is 1.23.